The van der Waals surface area contributed by atoms with Gasteiger partial charge in [-0.3, -0.25) is 9.98 Å². The number of aliphatic imine (C=N–C) groups is 1. The summed E-state index contributed by atoms with van der Waals surface area (Å²) in [5.41, 5.74) is 3.17. The number of pyridine rings is 1. The predicted molar refractivity (Wildman–Crippen MR) is 108 cm³/mol. The third kappa shape index (κ3) is 6.43. The Labute approximate surface area is 160 Å². The molecule has 0 radical (unpaired) electrons. The maximum atomic E-state index is 13.5. The standard InChI is InChI=1S/C18H23FN4.HI/c1-14-13-21-10-7-15(14)8-11-22-18(20-2)23-12-9-16-5-3-4-6-17(16)19;/h3-7,10,13H,8-9,11-12H2,1-2H3,(H2,20,22,23);1H. The molecular weight excluding hydrogens is 418 g/mol. The summed E-state index contributed by atoms with van der Waals surface area (Å²) in [6, 6.07) is 8.88. The molecule has 2 rings (SSSR count). The van der Waals surface area contributed by atoms with Gasteiger partial charge in [-0.1, -0.05) is 18.2 Å². The Hall–Kier alpha value is -1.70. The third-order valence-corrected chi connectivity index (χ3v) is 3.69. The average Bonchev–Trinajstić information content (AvgIpc) is 2.56. The minimum absolute atomic E-state index is 0. The highest BCUT2D eigenvalue weighted by Gasteiger charge is 2.02. The quantitative estimate of drug-likeness (QED) is 0.411. The van der Waals surface area contributed by atoms with Gasteiger partial charge in [0.2, 0.25) is 0 Å². The van der Waals surface area contributed by atoms with Crippen LogP contribution in [0.5, 0.6) is 0 Å². The van der Waals surface area contributed by atoms with E-state index in [0.717, 1.165) is 18.9 Å². The summed E-state index contributed by atoms with van der Waals surface area (Å²) in [6.45, 7) is 3.48. The zero-order valence-corrected chi connectivity index (χ0v) is 16.4. The van der Waals surface area contributed by atoms with E-state index in [0.29, 0.717) is 18.5 Å². The summed E-state index contributed by atoms with van der Waals surface area (Å²) in [4.78, 5) is 8.28. The first-order chi connectivity index (χ1) is 11.2. The molecule has 1 heterocycles. The second kappa shape index (κ2) is 11.0. The maximum absolute atomic E-state index is 13.5. The Morgan fingerprint density at radius 1 is 1.08 bits per heavy atom. The second-order valence-electron chi connectivity index (χ2n) is 5.32. The van der Waals surface area contributed by atoms with Crippen molar-refractivity contribution in [3.63, 3.8) is 0 Å². The monoisotopic (exact) mass is 442 g/mol. The van der Waals surface area contributed by atoms with E-state index in [1.54, 1.807) is 19.2 Å². The van der Waals surface area contributed by atoms with Gasteiger partial charge < -0.3 is 10.6 Å². The molecule has 0 fully saturated rings. The molecule has 130 valence electrons. The number of rotatable bonds is 6. The molecule has 24 heavy (non-hydrogen) atoms. The van der Waals surface area contributed by atoms with Crippen LogP contribution in [-0.2, 0) is 12.8 Å². The van der Waals surface area contributed by atoms with Crippen molar-refractivity contribution >= 4 is 29.9 Å². The van der Waals surface area contributed by atoms with Crippen LogP contribution in [0.2, 0.25) is 0 Å². The SMILES string of the molecule is CN=C(NCCc1ccncc1C)NCCc1ccccc1F.I. The summed E-state index contributed by atoms with van der Waals surface area (Å²) in [5.74, 6) is 0.568. The van der Waals surface area contributed by atoms with Crippen LogP contribution in [0.25, 0.3) is 0 Å². The van der Waals surface area contributed by atoms with Crippen LogP contribution >= 0.6 is 24.0 Å². The summed E-state index contributed by atoms with van der Waals surface area (Å²) in [6.07, 6.45) is 5.21. The Kier molecular flexibility index (Phi) is 9.29. The molecule has 0 saturated heterocycles. The van der Waals surface area contributed by atoms with Crippen LogP contribution < -0.4 is 10.6 Å². The molecule has 4 nitrogen and oxygen atoms in total. The number of nitrogens with one attached hydrogen (secondary N) is 2. The summed E-state index contributed by atoms with van der Waals surface area (Å²) >= 11 is 0. The molecule has 0 aliphatic carbocycles. The molecule has 6 heteroatoms. The molecule has 2 aromatic rings. The van der Waals surface area contributed by atoms with Gasteiger partial charge in [-0.05, 0) is 48.6 Å². The number of guanidine groups is 1. The van der Waals surface area contributed by atoms with Crippen molar-refractivity contribution in [2.75, 3.05) is 20.1 Å². The first-order valence-electron chi connectivity index (χ1n) is 7.78. The van der Waals surface area contributed by atoms with Gasteiger partial charge in [0.05, 0.1) is 0 Å². The van der Waals surface area contributed by atoms with E-state index < -0.39 is 0 Å². The molecule has 0 saturated carbocycles. The summed E-state index contributed by atoms with van der Waals surface area (Å²) in [7, 11) is 1.73. The van der Waals surface area contributed by atoms with Gasteiger partial charge >= 0.3 is 0 Å². The van der Waals surface area contributed by atoms with E-state index in [1.165, 1.54) is 17.2 Å². The van der Waals surface area contributed by atoms with E-state index in [9.17, 15) is 4.39 Å². The topological polar surface area (TPSA) is 49.3 Å². The average molecular weight is 442 g/mol. The molecule has 1 aromatic carbocycles. The molecule has 2 N–H and O–H groups in total. The Morgan fingerprint density at radius 2 is 1.75 bits per heavy atom. The molecular formula is C18H24FIN4. The fraction of sp³-hybridized carbons (Fsp3) is 0.333. The first kappa shape index (κ1) is 20.3. The number of hydrogen-bond acceptors (Lipinski definition) is 2. The van der Waals surface area contributed by atoms with Crippen molar-refractivity contribution in [3.8, 4) is 0 Å². The zero-order chi connectivity index (χ0) is 16.5. The van der Waals surface area contributed by atoms with E-state index >= 15 is 0 Å². The number of benzene rings is 1. The molecule has 0 bridgehead atoms. The predicted octanol–water partition coefficient (Wildman–Crippen LogP) is 3.10. The first-order valence-corrected chi connectivity index (χ1v) is 7.78. The molecule has 0 amide bonds. The zero-order valence-electron chi connectivity index (χ0n) is 14.1. The van der Waals surface area contributed by atoms with Crippen LogP contribution in [0.1, 0.15) is 16.7 Å². The highest BCUT2D eigenvalue weighted by Crippen LogP contribution is 2.06. The summed E-state index contributed by atoms with van der Waals surface area (Å²) < 4.78 is 13.5. The molecule has 0 atom stereocenters. The Balaban J connectivity index is 0.00000288. The van der Waals surface area contributed by atoms with E-state index in [1.807, 2.05) is 24.5 Å². The minimum Gasteiger partial charge on any atom is -0.356 e. The fourth-order valence-corrected chi connectivity index (χ4v) is 2.34. The molecule has 0 spiro atoms. The van der Waals surface area contributed by atoms with Crippen LogP contribution in [0, 0.1) is 12.7 Å². The molecule has 1 aromatic heterocycles. The van der Waals surface area contributed by atoms with E-state index in [4.69, 9.17) is 0 Å². The normalized spacial score (nSPS) is 10.9. The fourth-order valence-electron chi connectivity index (χ4n) is 2.34. The van der Waals surface area contributed by atoms with Crippen molar-refractivity contribution in [1.82, 2.24) is 15.6 Å². The number of halogens is 2. The summed E-state index contributed by atoms with van der Waals surface area (Å²) in [5, 5.41) is 6.48. The van der Waals surface area contributed by atoms with Crippen molar-refractivity contribution in [2.45, 2.75) is 19.8 Å². The molecule has 0 aliphatic rings. The molecule has 0 aliphatic heterocycles. The Bertz CT molecular complexity index is 607. The van der Waals surface area contributed by atoms with Crippen molar-refractivity contribution in [3.05, 3.63) is 65.2 Å². The number of aromatic nitrogens is 1. The lowest BCUT2D eigenvalue weighted by atomic mass is 10.1. The van der Waals surface area contributed by atoms with Crippen LogP contribution in [0.15, 0.2) is 47.7 Å². The lowest BCUT2D eigenvalue weighted by molar-refractivity contribution is 0.606. The lowest BCUT2D eigenvalue weighted by Gasteiger charge is -2.12. The van der Waals surface area contributed by atoms with E-state index in [-0.39, 0.29) is 29.8 Å². The van der Waals surface area contributed by atoms with E-state index in [2.05, 4.69) is 27.5 Å². The second-order valence-corrected chi connectivity index (χ2v) is 5.32. The number of hydrogen-bond donors (Lipinski definition) is 2. The Morgan fingerprint density at radius 3 is 2.38 bits per heavy atom. The number of nitrogens with zero attached hydrogens (tertiary/aromatic N) is 2. The van der Waals surface area contributed by atoms with Gasteiger partial charge in [0, 0.05) is 32.5 Å². The van der Waals surface area contributed by atoms with Gasteiger partial charge in [-0.15, -0.1) is 24.0 Å². The lowest BCUT2D eigenvalue weighted by Crippen LogP contribution is -2.39. The largest absolute Gasteiger partial charge is 0.356 e. The van der Waals surface area contributed by atoms with Crippen LogP contribution in [-0.4, -0.2) is 31.1 Å². The third-order valence-electron chi connectivity index (χ3n) is 3.69. The highest BCUT2D eigenvalue weighted by molar-refractivity contribution is 14.0. The van der Waals surface area contributed by atoms with Crippen LogP contribution in [0.4, 0.5) is 4.39 Å². The number of aryl methyl sites for hydroxylation is 1. The highest BCUT2D eigenvalue weighted by atomic mass is 127. The van der Waals surface area contributed by atoms with Crippen LogP contribution in [0.3, 0.4) is 0 Å². The maximum Gasteiger partial charge on any atom is 0.190 e. The van der Waals surface area contributed by atoms with Gasteiger partial charge in [-0.2, -0.15) is 0 Å². The van der Waals surface area contributed by atoms with Gasteiger partial charge in [0.25, 0.3) is 0 Å². The minimum atomic E-state index is -0.162. The van der Waals surface area contributed by atoms with Gasteiger partial charge in [-0.25, -0.2) is 4.39 Å². The van der Waals surface area contributed by atoms with Crippen molar-refractivity contribution in [1.29, 1.82) is 0 Å². The van der Waals surface area contributed by atoms with Crippen molar-refractivity contribution < 1.29 is 4.39 Å². The van der Waals surface area contributed by atoms with Gasteiger partial charge in [0.15, 0.2) is 5.96 Å². The smallest absolute Gasteiger partial charge is 0.190 e. The molecule has 0 unspecified atom stereocenters. The van der Waals surface area contributed by atoms with Crippen molar-refractivity contribution in [2.24, 2.45) is 4.99 Å². The van der Waals surface area contributed by atoms with Gasteiger partial charge in [0.1, 0.15) is 5.82 Å².